The van der Waals surface area contributed by atoms with Crippen molar-refractivity contribution in [1.29, 1.82) is 0 Å². The number of anilines is 1. The third-order valence-corrected chi connectivity index (χ3v) is 3.84. The average Bonchev–Trinajstić information content (AvgIpc) is 3.05. The van der Waals surface area contributed by atoms with Crippen LogP contribution in [0, 0.1) is 0 Å². The zero-order chi connectivity index (χ0) is 16.1. The van der Waals surface area contributed by atoms with Crippen LogP contribution in [-0.4, -0.2) is 22.5 Å². The Morgan fingerprint density at radius 3 is 2.70 bits per heavy atom. The van der Waals surface area contributed by atoms with Crippen LogP contribution in [0.1, 0.15) is 17.3 Å². The van der Waals surface area contributed by atoms with E-state index in [0.717, 1.165) is 17.1 Å². The van der Waals surface area contributed by atoms with Gasteiger partial charge in [-0.15, -0.1) is 11.3 Å². The normalized spacial score (nSPS) is 10.3. The van der Waals surface area contributed by atoms with Gasteiger partial charge in [0, 0.05) is 17.1 Å². The molecule has 0 saturated heterocycles. The van der Waals surface area contributed by atoms with Crippen molar-refractivity contribution in [3.05, 3.63) is 59.6 Å². The lowest BCUT2D eigenvalue weighted by Crippen LogP contribution is -2.11. The van der Waals surface area contributed by atoms with Crippen molar-refractivity contribution >= 4 is 22.4 Å². The number of pyridine rings is 1. The van der Waals surface area contributed by atoms with Crippen molar-refractivity contribution in [3.8, 4) is 17.1 Å². The van der Waals surface area contributed by atoms with Gasteiger partial charge in [-0.3, -0.25) is 15.1 Å². The minimum atomic E-state index is -0.199. The number of benzene rings is 1. The molecule has 5 nitrogen and oxygen atoms in total. The molecule has 0 atom stereocenters. The molecule has 3 aromatic rings. The van der Waals surface area contributed by atoms with Crippen molar-refractivity contribution in [2.75, 3.05) is 11.9 Å². The molecule has 0 spiro atoms. The predicted molar refractivity (Wildman–Crippen MR) is 90.9 cm³/mol. The topological polar surface area (TPSA) is 64.1 Å². The van der Waals surface area contributed by atoms with Gasteiger partial charge in [0.2, 0.25) is 0 Å². The molecular formula is C17H15N3O2S. The van der Waals surface area contributed by atoms with Gasteiger partial charge in [0.15, 0.2) is 5.13 Å². The Kier molecular flexibility index (Phi) is 4.63. The molecule has 0 aliphatic heterocycles. The molecule has 6 heteroatoms. The molecule has 0 radical (unpaired) electrons. The molecule has 0 saturated carbocycles. The first-order valence-corrected chi connectivity index (χ1v) is 8.05. The van der Waals surface area contributed by atoms with E-state index in [1.165, 1.54) is 11.3 Å². The van der Waals surface area contributed by atoms with Crippen LogP contribution in [0.25, 0.3) is 11.4 Å². The first-order valence-electron chi connectivity index (χ1n) is 7.17. The number of carbonyl (C=O) groups is 1. The second-order valence-corrected chi connectivity index (χ2v) is 5.52. The second kappa shape index (κ2) is 7.02. The van der Waals surface area contributed by atoms with Gasteiger partial charge < -0.3 is 4.74 Å². The minimum absolute atomic E-state index is 0.199. The molecule has 0 aliphatic rings. The summed E-state index contributed by atoms with van der Waals surface area (Å²) in [5, 5.41) is 5.22. The van der Waals surface area contributed by atoms with E-state index >= 15 is 0 Å². The third-order valence-electron chi connectivity index (χ3n) is 3.08. The standard InChI is InChI=1S/C17H15N3O2S/c1-2-22-13-8-6-12(7-9-13)16(21)20-17-19-15(11-23-17)14-5-3-4-10-18-14/h3-11H,2H2,1H3,(H,19,20,21). The van der Waals surface area contributed by atoms with Crippen LogP contribution < -0.4 is 10.1 Å². The monoisotopic (exact) mass is 325 g/mol. The number of nitrogens with zero attached hydrogens (tertiary/aromatic N) is 2. The minimum Gasteiger partial charge on any atom is -0.494 e. The summed E-state index contributed by atoms with van der Waals surface area (Å²) in [7, 11) is 0. The second-order valence-electron chi connectivity index (χ2n) is 4.66. The highest BCUT2D eigenvalue weighted by molar-refractivity contribution is 7.14. The molecule has 23 heavy (non-hydrogen) atoms. The Labute approximate surface area is 138 Å². The van der Waals surface area contributed by atoms with Crippen LogP contribution in [0.2, 0.25) is 0 Å². The van der Waals surface area contributed by atoms with E-state index in [-0.39, 0.29) is 5.91 Å². The Morgan fingerprint density at radius 1 is 1.17 bits per heavy atom. The highest BCUT2D eigenvalue weighted by Gasteiger charge is 2.10. The summed E-state index contributed by atoms with van der Waals surface area (Å²) in [5.74, 6) is 0.547. The summed E-state index contributed by atoms with van der Waals surface area (Å²) in [6.45, 7) is 2.52. The van der Waals surface area contributed by atoms with Crippen molar-refractivity contribution in [2.45, 2.75) is 6.92 Å². The molecule has 116 valence electrons. The molecule has 0 bridgehead atoms. The van der Waals surface area contributed by atoms with Crippen LogP contribution >= 0.6 is 11.3 Å². The molecule has 1 aromatic carbocycles. The molecule has 0 aliphatic carbocycles. The first-order chi connectivity index (χ1) is 11.3. The number of nitrogens with one attached hydrogen (secondary N) is 1. The lowest BCUT2D eigenvalue weighted by Gasteiger charge is -2.04. The quantitative estimate of drug-likeness (QED) is 0.774. The summed E-state index contributed by atoms with van der Waals surface area (Å²) in [6, 6.07) is 12.7. The number of amides is 1. The van der Waals surface area contributed by atoms with Gasteiger partial charge in [0.25, 0.3) is 5.91 Å². The van der Waals surface area contributed by atoms with Crippen LogP contribution in [-0.2, 0) is 0 Å². The van der Waals surface area contributed by atoms with Crippen LogP contribution in [0.15, 0.2) is 54.0 Å². The average molecular weight is 325 g/mol. The summed E-state index contributed by atoms with van der Waals surface area (Å²) in [6.07, 6.45) is 1.72. The molecule has 0 fully saturated rings. The Morgan fingerprint density at radius 2 is 2.00 bits per heavy atom. The summed E-state index contributed by atoms with van der Waals surface area (Å²) in [4.78, 5) is 20.9. The highest BCUT2D eigenvalue weighted by atomic mass is 32.1. The molecule has 2 heterocycles. The first kappa shape index (κ1) is 15.2. The fourth-order valence-electron chi connectivity index (χ4n) is 2.00. The van der Waals surface area contributed by atoms with Crippen molar-refractivity contribution in [3.63, 3.8) is 0 Å². The number of thiazole rings is 1. The third kappa shape index (κ3) is 3.73. The summed E-state index contributed by atoms with van der Waals surface area (Å²) >= 11 is 1.37. The Bertz CT molecular complexity index is 785. The van der Waals surface area contributed by atoms with Gasteiger partial charge in [0.05, 0.1) is 12.3 Å². The predicted octanol–water partition coefficient (Wildman–Crippen LogP) is 3.86. The molecular weight excluding hydrogens is 310 g/mol. The number of hydrogen-bond acceptors (Lipinski definition) is 5. The Balaban J connectivity index is 1.69. The van der Waals surface area contributed by atoms with Gasteiger partial charge in [-0.2, -0.15) is 0 Å². The smallest absolute Gasteiger partial charge is 0.257 e. The largest absolute Gasteiger partial charge is 0.494 e. The molecule has 3 rings (SSSR count). The number of ether oxygens (including phenoxy) is 1. The maximum absolute atomic E-state index is 12.2. The molecule has 0 unspecified atom stereocenters. The maximum atomic E-state index is 12.2. The SMILES string of the molecule is CCOc1ccc(C(=O)Nc2nc(-c3ccccn3)cs2)cc1. The number of aromatic nitrogens is 2. The van der Waals surface area contributed by atoms with E-state index in [0.29, 0.717) is 17.3 Å². The van der Waals surface area contributed by atoms with Gasteiger partial charge in [-0.1, -0.05) is 6.07 Å². The van der Waals surface area contributed by atoms with Gasteiger partial charge in [0.1, 0.15) is 11.4 Å². The lowest BCUT2D eigenvalue weighted by atomic mass is 10.2. The number of hydrogen-bond donors (Lipinski definition) is 1. The van der Waals surface area contributed by atoms with Gasteiger partial charge >= 0.3 is 0 Å². The molecule has 2 aromatic heterocycles. The van der Waals surface area contributed by atoms with E-state index in [4.69, 9.17) is 4.74 Å². The van der Waals surface area contributed by atoms with E-state index in [1.807, 2.05) is 30.5 Å². The highest BCUT2D eigenvalue weighted by Crippen LogP contribution is 2.23. The van der Waals surface area contributed by atoms with E-state index in [1.54, 1.807) is 30.5 Å². The van der Waals surface area contributed by atoms with E-state index in [9.17, 15) is 4.79 Å². The molecule has 1 N–H and O–H groups in total. The summed E-state index contributed by atoms with van der Waals surface area (Å²) < 4.78 is 5.36. The van der Waals surface area contributed by atoms with Crippen molar-refractivity contribution in [1.82, 2.24) is 9.97 Å². The summed E-state index contributed by atoms with van der Waals surface area (Å²) in [5.41, 5.74) is 2.09. The van der Waals surface area contributed by atoms with Crippen molar-refractivity contribution < 1.29 is 9.53 Å². The van der Waals surface area contributed by atoms with Crippen LogP contribution in [0.4, 0.5) is 5.13 Å². The van der Waals surface area contributed by atoms with Crippen LogP contribution in [0.3, 0.4) is 0 Å². The zero-order valence-electron chi connectivity index (χ0n) is 12.5. The fourth-order valence-corrected chi connectivity index (χ4v) is 2.70. The number of rotatable bonds is 5. The zero-order valence-corrected chi connectivity index (χ0v) is 13.3. The Hall–Kier alpha value is -2.73. The fraction of sp³-hybridized carbons (Fsp3) is 0.118. The van der Waals surface area contributed by atoms with Crippen molar-refractivity contribution in [2.24, 2.45) is 0 Å². The number of carbonyl (C=O) groups excluding carboxylic acids is 1. The lowest BCUT2D eigenvalue weighted by molar-refractivity contribution is 0.102. The van der Waals surface area contributed by atoms with Gasteiger partial charge in [-0.05, 0) is 43.3 Å². The van der Waals surface area contributed by atoms with Gasteiger partial charge in [-0.25, -0.2) is 4.98 Å². The molecule has 1 amide bonds. The maximum Gasteiger partial charge on any atom is 0.257 e. The van der Waals surface area contributed by atoms with Crippen LogP contribution in [0.5, 0.6) is 5.75 Å². The van der Waals surface area contributed by atoms with E-state index in [2.05, 4.69) is 15.3 Å². The van der Waals surface area contributed by atoms with E-state index < -0.39 is 0 Å².